The van der Waals surface area contributed by atoms with Crippen molar-refractivity contribution in [1.29, 1.82) is 0 Å². The monoisotopic (exact) mass is 448 g/mol. The number of hydrogen-bond donors (Lipinski definition) is 1. The quantitative estimate of drug-likeness (QED) is 0.390. The fourth-order valence-corrected chi connectivity index (χ4v) is 9.26. The molecule has 4 saturated carbocycles. The summed E-state index contributed by atoms with van der Waals surface area (Å²) in [5.74, 6) is 3.88. The third kappa shape index (κ3) is 3.70. The SMILES string of the molecule is CC[C@H]1CC2C3CCC(CCCOC(=O)N(C)OC)C3(C)CC[C@]2(N)C2(C)CCCC[C@@H]12. The Morgan fingerprint density at radius 3 is 2.56 bits per heavy atom. The minimum Gasteiger partial charge on any atom is -0.448 e. The Bertz CT molecular complexity index is 686. The smallest absolute Gasteiger partial charge is 0.433 e. The Labute approximate surface area is 196 Å². The fourth-order valence-electron chi connectivity index (χ4n) is 9.26. The first-order valence-corrected chi connectivity index (χ1v) is 13.4. The molecule has 0 aliphatic heterocycles. The van der Waals surface area contributed by atoms with Crippen LogP contribution in [0.1, 0.15) is 97.8 Å². The first-order chi connectivity index (χ1) is 15.2. The molecule has 0 aromatic rings. The number of amides is 1. The first-order valence-electron chi connectivity index (χ1n) is 13.4. The van der Waals surface area contributed by atoms with Crippen LogP contribution in [-0.2, 0) is 9.57 Å². The molecule has 184 valence electrons. The highest BCUT2D eigenvalue weighted by Crippen LogP contribution is 2.69. The van der Waals surface area contributed by atoms with Crippen LogP contribution in [0, 0.1) is 40.4 Å². The fraction of sp³-hybridized carbons (Fsp3) is 0.963. The molecule has 5 heteroatoms. The summed E-state index contributed by atoms with van der Waals surface area (Å²) in [5, 5.41) is 1.14. The Morgan fingerprint density at radius 1 is 1.06 bits per heavy atom. The lowest BCUT2D eigenvalue weighted by atomic mass is 9.39. The molecule has 4 rings (SSSR count). The van der Waals surface area contributed by atoms with Gasteiger partial charge in [0.2, 0.25) is 0 Å². The molecule has 4 aliphatic carbocycles. The molecule has 0 aromatic heterocycles. The predicted molar refractivity (Wildman–Crippen MR) is 128 cm³/mol. The molecular weight excluding hydrogens is 400 g/mol. The second-order valence-corrected chi connectivity index (χ2v) is 12.1. The second-order valence-electron chi connectivity index (χ2n) is 12.1. The van der Waals surface area contributed by atoms with Crippen molar-refractivity contribution in [2.24, 2.45) is 46.2 Å². The van der Waals surface area contributed by atoms with Gasteiger partial charge in [-0.05, 0) is 98.2 Å². The lowest BCUT2D eigenvalue weighted by Gasteiger charge is -2.68. The third-order valence-electron chi connectivity index (χ3n) is 11.3. The van der Waals surface area contributed by atoms with Crippen molar-refractivity contribution < 1.29 is 14.4 Å². The molecular formula is C27H48N2O3. The van der Waals surface area contributed by atoms with E-state index in [0.29, 0.717) is 23.4 Å². The Balaban J connectivity index is 1.45. The maximum absolute atomic E-state index is 11.8. The van der Waals surface area contributed by atoms with E-state index in [-0.39, 0.29) is 5.54 Å². The van der Waals surface area contributed by atoms with E-state index >= 15 is 0 Å². The van der Waals surface area contributed by atoms with E-state index in [2.05, 4.69) is 20.8 Å². The van der Waals surface area contributed by atoms with Crippen LogP contribution in [0.2, 0.25) is 0 Å². The highest BCUT2D eigenvalue weighted by atomic mass is 16.7. The summed E-state index contributed by atoms with van der Waals surface area (Å²) in [7, 11) is 3.06. The zero-order chi connectivity index (χ0) is 23.1. The van der Waals surface area contributed by atoms with Crippen LogP contribution in [0.5, 0.6) is 0 Å². The van der Waals surface area contributed by atoms with Crippen molar-refractivity contribution in [3.05, 3.63) is 0 Å². The van der Waals surface area contributed by atoms with Crippen LogP contribution in [0.3, 0.4) is 0 Å². The minimum absolute atomic E-state index is 0.0308. The van der Waals surface area contributed by atoms with Crippen LogP contribution >= 0.6 is 0 Å². The number of nitrogens with two attached hydrogens (primary N) is 1. The van der Waals surface area contributed by atoms with Crippen molar-refractivity contribution in [2.45, 2.75) is 103 Å². The molecule has 1 amide bonds. The van der Waals surface area contributed by atoms with Gasteiger partial charge in [-0.25, -0.2) is 4.79 Å². The van der Waals surface area contributed by atoms with Crippen molar-refractivity contribution >= 4 is 6.09 Å². The van der Waals surface area contributed by atoms with E-state index in [1.54, 1.807) is 7.05 Å². The zero-order valence-corrected chi connectivity index (χ0v) is 21.3. The molecule has 8 atom stereocenters. The van der Waals surface area contributed by atoms with E-state index in [0.717, 1.165) is 41.6 Å². The van der Waals surface area contributed by atoms with Gasteiger partial charge in [-0.1, -0.05) is 40.0 Å². The average molecular weight is 449 g/mol. The van der Waals surface area contributed by atoms with E-state index in [9.17, 15) is 4.79 Å². The van der Waals surface area contributed by atoms with E-state index in [4.69, 9.17) is 15.3 Å². The van der Waals surface area contributed by atoms with Crippen LogP contribution in [-0.4, -0.2) is 37.5 Å². The van der Waals surface area contributed by atoms with Crippen LogP contribution in [0.15, 0.2) is 0 Å². The standard InChI is InChI=1S/C27H48N2O3/c1-6-19-18-23-22-13-12-20(10-9-17-32-24(30)29(4)31-5)25(22,2)15-16-27(23,28)26(3)14-8-7-11-21(19)26/h19-23H,6-18,28H2,1-5H3/t19-,20?,21-,22?,23?,25?,26?,27+/m0/s1. The van der Waals surface area contributed by atoms with Gasteiger partial charge in [0.05, 0.1) is 13.7 Å². The molecule has 0 spiro atoms. The van der Waals surface area contributed by atoms with Crippen LogP contribution in [0.25, 0.3) is 0 Å². The molecule has 0 heterocycles. The number of hydrogen-bond acceptors (Lipinski definition) is 4. The summed E-state index contributed by atoms with van der Waals surface area (Å²) in [6, 6.07) is 0. The summed E-state index contributed by atoms with van der Waals surface area (Å²) >= 11 is 0. The number of nitrogens with zero attached hydrogens (tertiary/aromatic N) is 1. The van der Waals surface area contributed by atoms with Crippen molar-refractivity contribution in [3.8, 4) is 0 Å². The van der Waals surface area contributed by atoms with Crippen LogP contribution < -0.4 is 5.73 Å². The van der Waals surface area contributed by atoms with Gasteiger partial charge in [-0.2, -0.15) is 5.06 Å². The zero-order valence-electron chi connectivity index (χ0n) is 21.3. The minimum atomic E-state index is -0.406. The van der Waals surface area contributed by atoms with E-state index in [1.807, 2.05) is 0 Å². The highest BCUT2D eigenvalue weighted by molar-refractivity contribution is 5.65. The van der Waals surface area contributed by atoms with E-state index < -0.39 is 6.09 Å². The van der Waals surface area contributed by atoms with Gasteiger partial charge in [0.1, 0.15) is 0 Å². The molecule has 0 radical (unpaired) electrons. The first kappa shape index (κ1) is 24.3. The number of ether oxygens (including phenoxy) is 1. The van der Waals surface area contributed by atoms with Gasteiger partial charge in [-0.15, -0.1) is 0 Å². The van der Waals surface area contributed by atoms with Crippen molar-refractivity contribution in [1.82, 2.24) is 5.06 Å². The molecule has 32 heavy (non-hydrogen) atoms. The lowest BCUT2D eigenvalue weighted by molar-refractivity contribution is -0.152. The number of rotatable bonds is 6. The normalized spacial score (nSPS) is 45.5. The second kappa shape index (κ2) is 9.09. The van der Waals surface area contributed by atoms with Gasteiger partial charge >= 0.3 is 6.09 Å². The number of fused-ring (bicyclic) bond motifs is 5. The highest BCUT2D eigenvalue weighted by Gasteiger charge is 2.66. The van der Waals surface area contributed by atoms with Gasteiger partial charge < -0.3 is 10.5 Å². The molecule has 0 aromatic carbocycles. The Morgan fingerprint density at radius 2 is 1.84 bits per heavy atom. The predicted octanol–water partition coefficient (Wildman–Crippen LogP) is 6.16. The maximum atomic E-state index is 11.8. The van der Waals surface area contributed by atoms with E-state index in [1.165, 1.54) is 71.3 Å². The number of hydroxylamine groups is 2. The van der Waals surface area contributed by atoms with Crippen molar-refractivity contribution in [3.63, 3.8) is 0 Å². The molecule has 5 unspecified atom stereocenters. The molecule has 5 nitrogen and oxygen atoms in total. The van der Waals surface area contributed by atoms with Gasteiger partial charge in [0.15, 0.2) is 0 Å². The number of carbonyl (C=O) groups is 1. The molecule has 2 N–H and O–H groups in total. The molecule has 0 saturated heterocycles. The molecule has 4 aliphatic rings. The summed E-state index contributed by atoms with van der Waals surface area (Å²) in [6.07, 6.45) is 15.0. The van der Waals surface area contributed by atoms with Gasteiger partial charge in [0.25, 0.3) is 0 Å². The maximum Gasteiger partial charge on any atom is 0.433 e. The van der Waals surface area contributed by atoms with Gasteiger partial charge in [0, 0.05) is 12.6 Å². The average Bonchev–Trinajstić information content (AvgIpc) is 3.12. The summed E-state index contributed by atoms with van der Waals surface area (Å²) in [5.41, 5.74) is 8.31. The lowest BCUT2D eigenvalue weighted by Crippen LogP contribution is -2.71. The molecule has 0 bridgehead atoms. The number of carbonyl (C=O) groups excluding carboxylic acids is 1. The topological polar surface area (TPSA) is 64.8 Å². The van der Waals surface area contributed by atoms with Gasteiger partial charge in [-0.3, -0.25) is 4.84 Å². The Kier molecular flexibility index (Phi) is 6.91. The molecule has 4 fully saturated rings. The largest absolute Gasteiger partial charge is 0.448 e. The van der Waals surface area contributed by atoms with Crippen molar-refractivity contribution in [2.75, 3.05) is 20.8 Å². The Hall–Kier alpha value is -0.810. The summed E-state index contributed by atoms with van der Waals surface area (Å²) in [4.78, 5) is 16.7. The third-order valence-corrected chi connectivity index (χ3v) is 11.3. The van der Waals surface area contributed by atoms with Crippen LogP contribution in [0.4, 0.5) is 4.79 Å². The summed E-state index contributed by atoms with van der Waals surface area (Å²) < 4.78 is 5.37. The summed E-state index contributed by atoms with van der Waals surface area (Å²) in [6.45, 7) is 8.07.